The average molecular weight is 266 g/mol. The second-order valence-corrected chi connectivity index (χ2v) is 6.51. The van der Waals surface area contributed by atoms with Gasteiger partial charge in [-0.15, -0.1) is 0 Å². The van der Waals surface area contributed by atoms with E-state index in [4.69, 9.17) is 0 Å². The van der Waals surface area contributed by atoms with Gasteiger partial charge in [-0.2, -0.15) is 0 Å². The standard InChI is InChI=1S/C15H26N2O2/c18-14(12-5-6-12)11-16-7-9-17(10-8-16)15(19)13-3-1-2-4-13/h12-14,18H,1-11H2. The number of aliphatic hydroxyl groups is 1. The first-order chi connectivity index (χ1) is 9.24. The molecule has 3 aliphatic rings. The molecule has 1 heterocycles. The molecule has 1 amide bonds. The van der Waals surface area contributed by atoms with E-state index in [0.29, 0.717) is 17.7 Å². The van der Waals surface area contributed by atoms with Gasteiger partial charge in [0.05, 0.1) is 6.10 Å². The maximum absolute atomic E-state index is 12.3. The van der Waals surface area contributed by atoms with Crippen molar-refractivity contribution in [3.05, 3.63) is 0 Å². The summed E-state index contributed by atoms with van der Waals surface area (Å²) in [5.74, 6) is 1.25. The third-order valence-electron chi connectivity index (χ3n) is 5.00. The van der Waals surface area contributed by atoms with E-state index in [1.165, 1.54) is 25.7 Å². The van der Waals surface area contributed by atoms with Crippen LogP contribution in [0.4, 0.5) is 0 Å². The Morgan fingerprint density at radius 3 is 2.26 bits per heavy atom. The van der Waals surface area contributed by atoms with Crippen LogP contribution in [-0.4, -0.2) is 59.6 Å². The number of rotatable bonds is 4. The molecule has 1 N–H and O–H groups in total. The topological polar surface area (TPSA) is 43.8 Å². The van der Waals surface area contributed by atoms with E-state index in [9.17, 15) is 9.90 Å². The van der Waals surface area contributed by atoms with Gasteiger partial charge in [-0.1, -0.05) is 12.8 Å². The number of hydrogen-bond donors (Lipinski definition) is 1. The largest absolute Gasteiger partial charge is 0.392 e. The first kappa shape index (κ1) is 13.4. The third-order valence-corrected chi connectivity index (χ3v) is 5.00. The number of β-amino-alcohol motifs (C(OH)–C–C–N with tert-alkyl or cyclic N) is 1. The van der Waals surface area contributed by atoms with Gasteiger partial charge in [0.2, 0.25) is 5.91 Å². The summed E-state index contributed by atoms with van der Waals surface area (Å²) >= 11 is 0. The van der Waals surface area contributed by atoms with Crippen molar-refractivity contribution in [1.82, 2.24) is 9.80 Å². The fourth-order valence-corrected chi connectivity index (χ4v) is 3.48. The Morgan fingerprint density at radius 2 is 1.68 bits per heavy atom. The summed E-state index contributed by atoms with van der Waals surface area (Å²) in [6.45, 7) is 4.38. The molecule has 2 saturated carbocycles. The number of piperazine rings is 1. The lowest BCUT2D eigenvalue weighted by Gasteiger charge is -2.36. The molecular formula is C15H26N2O2. The van der Waals surface area contributed by atoms with Crippen LogP contribution in [0.5, 0.6) is 0 Å². The SMILES string of the molecule is O=C(C1CCCC1)N1CCN(CC(O)C2CC2)CC1. The molecule has 0 bridgehead atoms. The van der Waals surface area contributed by atoms with Gasteiger partial charge in [-0.25, -0.2) is 0 Å². The lowest BCUT2D eigenvalue weighted by Crippen LogP contribution is -2.51. The molecule has 4 heteroatoms. The van der Waals surface area contributed by atoms with Crippen LogP contribution in [0.15, 0.2) is 0 Å². The number of carbonyl (C=O) groups is 1. The Bertz CT molecular complexity index is 316. The number of amides is 1. The molecule has 0 aromatic heterocycles. The minimum atomic E-state index is -0.142. The van der Waals surface area contributed by atoms with Crippen LogP contribution in [0, 0.1) is 11.8 Å². The van der Waals surface area contributed by atoms with Crippen LogP contribution in [0.25, 0.3) is 0 Å². The summed E-state index contributed by atoms with van der Waals surface area (Å²) < 4.78 is 0. The molecule has 3 rings (SSSR count). The van der Waals surface area contributed by atoms with Gasteiger partial charge in [-0.05, 0) is 31.6 Å². The first-order valence-corrected chi connectivity index (χ1v) is 7.93. The van der Waals surface area contributed by atoms with Crippen molar-refractivity contribution in [3.8, 4) is 0 Å². The van der Waals surface area contributed by atoms with Crippen molar-refractivity contribution >= 4 is 5.91 Å². The molecule has 0 aromatic rings. The number of hydrogen-bond acceptors (Lipinski definition) is 3. The molecule has 4 nitrogen and oxygen atoms in total. The first-order valence-electron chi connectivity index (χ1n) is 7.93. The average Bonchev–Trinajstić information content (AvgIpc) is 3.14. The second kappa shape index (κ2) is 5.80. The summed E-state index contributed by atoms with van der Waals surface area (Å²) in [5.41, 5.74) is 0. The van der Waals surface area contributed by atoms with Crippen molar-refractivity contribution in [2.24, 2.45) is 11.8 Å². The van der Waals surface area contributed by atoms with E-state index in [1.807, 2.05) is 0 Å². The number of aliphatic hydroxyl groups excluding tert-OH is 1. The fraction of sp³-hybridized carbons (Fsp3) is 0.933. The summed E-state index contributed by atoms with van der Waals surface area (Å²) in [7, 11) is 0. The third kappa shape index (κ3) is 3.29. The highest BCUT2D eigenvalue weighted by Crippen LogP contribution is 2.33. The van der Waals surface area contributed by atoms with Gasteiger partial charge >= 0.3 is 0 Å². The van der Waals surface area contributed by atoms with Gasteiger partial charge < -0.3 is 10.0 Å². The molecule has 19 heavy (non-hydrogen) atoms. The van der Waals surface area contributed by atoms with Gasteiger partial charge in [-0.3, -0.25) is 9.69 Å². The molecule has 1 unspecified atom stereocenters. The van der Waals surface area contributed by atoms with Crippen LogP contribution in [0.2, 0.25) is 0 Å². The molecule has 1 atom stereocenters. The highest BCUT2D eigenvalue weighted by Gasteiger charge is 2.33. The predicted octanol–water partition coefficient (Wildman–Crippen LogP) is 1.09. The highest BCUT2D eigenvalue weighted by molar-refractivity contribution is 5.79. The van der Waals surface area contributed by atoms with Gasteiger partial charge in [0.1, 0.15) is 0 Å². The molecule has 1 aliphatic heterocycles. The maximum atomic E-state index is 12.3. The number of nitrogens with zero attached hydrogens (tertiary/aromatic N) is 2. The van der Waals surface area contributed by atoms with E-state index < -0.39 is 0 Å². The molecule has 1 saturated heterocycles. The van der Waals surface area contributed by atoms with Crippen LogP contribution in [-0.2, 0) is 4.79 Å². The molecular weight excluding hydrogens is 240 g/mol. The number of carbonyl (C=O) groups excluding carboxylic acids is 1. The van der Waals surface area contributed by atoms with E-state index in [2.05, 4.69) is 9.80 Å². The summed E-state index contributed by atoms with van der Waals surface area (Å²) in [4.78, 5) is 16.7. The lowest BCUT2D eigenvalue weighted by atomic mass is 10.1. The minimum Gasteiger partial charge on any atom is -0.392 e. The normalized spacial score (nSPS) is 27.7. The predicted molar refractivity (Wildman–Crippen MR) is 73.7 cm³/mol. The minimum absolute atomic E-state index is 0.142. The van der Waals surface area contributed by atoms with Crippen molar-refractivity contribution in [2.45, 2.75) is 44.6 Å². The Kier molecular flexibility index (Phi) is 4.08. The zero-order valence-electron chi connectivity index (χ0n) is 11.8. The van der Waals surface area contributed by atoms with E-state index in [-0.39, 0.29) is 6.10 Å². The maximum Gasteiger partial charge on any atom is 0.225 e. The Balaban J connectivity index is 1.42. The van der Waals surface area contributed by atoms with Gasteiger partial charge in [0, 0.05) is 38.6 Å². The molecule has 2 aliphatic carbocycles. The molecule has 3 fully saturated rings. The Hall–Kier alpha value is -0.610. The van der Waals surface area contributed by atoms with E-state index in [0.717, 1.165) is 45.6 Å². The quantitative estimate of drug-likeness (QED) is 0.828. The second-order valence-electron chi connectivity index (χ2n) is 6.51. The Morgan fingerprint density at radius 1 is 1.05 bits per heavy atom. The Labute approximate surface area is 115 Å². The van der Waals surface area contributed by atoms with Crippen LogP contribution in [0.3, 0.4) is 0 Å². The molecule has 0 aromatic carbocycles. The van der Waals surface area contributed by atoms with Crippen molar-refractivity contribution in [1.29, 1.82) is 0 Å². The molecule has 108 valence electrons. The smallest absolute Gasteiger partial charge is 0.225 e. The van der Waals surface area contributed by atoms with Crippen molar-refractivity contribution in [3.63, 3.8) is 0 Å². The van der Waals surface area contributed by atoms with Crippen molar-refractivity contribution < 1.29 is 9.90 Å². The van der Waals surface area contributed by atoms with Gasteiger partial charge in [0.25, 0.3) is 0 Å². The molecule has 0 radical (unpaired) electrons. The van der Waals surface area contributed by atoms with Crippen molar-refractivity contribution in [2.75, 3.05) is 32.7 Å². The van der Waals surface area contributed by atoms with E-state index >= 15 is 0 Å². The monoisotopic (exact) mass is 266 g/mol. The van der Waals surface area contributed by atoms with Gasteiger partial charge in [0.15, 0.2) is 0 Å². The zero-order chi connectivity index (χ0) is 13.2. The summed E-state index contributed by atoms with van der Waals surface area (Å²) in [6, 6.07) is 0. The van der Waals surface area contributed by atoms with Crippen LogP contribution >= 0.6 is 0 Å². The fourth-order valence-electron chi connectivity index (χ4n) is 3.48. The van der Waals surface area contributed by atoms with E-state index in [1.54, 1.807) is 0 Å². The van der Waals surface area contributed by atoms with Crippen LogP contribution < -0.4 is 0 Å². The summed E-state index contributed by atoms with van der Waals surface area (Å²) in [5, 5.41) is 9.97. The zero-order valence-corrected chi connectivity index (χ0v) is 11.8. The lowest BCUT2D eigenvalue weighted by molar-refractivity contribution is -0.137. The highest BCUT2D eigenvalue weighted by atomic mass is 16.3. The van der Waals surface area contributed by atoms with Crippen LogP contribution in [0.1, 0.15) is 38.5 Å². The summed E-state index contributed by atoms with van der Waals surface area (Å²) in [6.07, 6.45) is 6.90. The molecule has 0 spiro atoms.